The molecule has 0 unspecified atom stereocenters. The molecule has 156 valence electrons. The molecule has 6 nitrogen and oxygen atoms in total. The highest BCUT2D eigenvalue weighted by atomic mass is 35.5. The van der Waals surface area contributed by atoms with Crippen molar-refractivity contribution in [3.8, 4) is 11.1 Å². The van der Waals surface area contributed by atoms with Gasteiger partial charge in [-0.15, -0.1) is 11.3 Å². The van der Waals surface area contributed by atoms with Crippen LogP contribution >= 0.6 is 34.5 Å². The number of urea groups is 1. The van der Waals surface area contributed by atoms with E-state index in [-0.39, 0.29) is 5.70 Å². The van der Waals surface area contributed by atoms with Crippen molar-refractivity contribution in [1.29, 1.82) is 0 Å². The lowest BCUT2D eigenvalue weighted by Crippen LogP contribution is -2.38. The number of carbonyl (C=O) groups is 3. The van der Waals surface area contributed by atoms with Crippen LogP contribution in [0.1, 0.15) is 4.88 Å². The number of rotatable bonds is 5. The number of thiophene rings is 1. The van der Waals surface area contributed by atoms with E-state index in [9.17, 15) is 14.4 Å². The zero-order valence-corrected chi connectivity index (χ0v) is 18.2. The Hall–Kier alpha value is -3.13. The van der Waals surface area contributed by atoms with Crippen molar-refractivity contribution in [2.45, 2.75) is 0 Å². The Balaban J connectivity index is 1.44. The molecule has 0 atom stereocenters. The minimum absolute atomic E-state index is 0.119. The molecule has 31 heavy (non-hydrogen) atoms. The van der Waals surface area contributed by atoms with Crippen LogP contribution < -0.4 is 10.6 Å². The maximum absolute atomic E-state index is 12.6. The molecule has 2 aromatic carbocycles. The van der Waals surface area contributed by atoms with Crippen molar-refractivity contribution >= 4 is 64.1 Å². The first-order chi connectivity index (χ1) is 14.9. The van der Waals surface area contributed by atoms with E-state index in [2.05, 4.69) is 10.6 Å². The molecule has 2 N–H and O–H groups in total. The number of nitrogens with zero attached hydrogens (tertiary/aromatic N) is 1. The number of carbonyl (C=O) groups excluding carboxylic acids is 3. The second kappa shape index (κ2) is 8.93. The van der Waals surface area contributed by atoms with Crippen molar-refractivity contribution in [2.75, 3.05) is 11.9 Å². The second-order valence-corrected chi connectivity index (χ2v) is 8.49. The van der Waals surface area contributed by atoms with Crippen LogP contribution in [-0.2, 0) is 9.59 Å². The summed E-state index contributed by atoms with van der Waals surface area (Å²) < 4.78 is 0. The lowest BCUT2D eigenvalue weighted by atomic mass is 10.1. The summed E-state index contributed by atoms with van der Waals surface area (Å²) in [6.07, 6.45) is 1.60. The van der Waals surface area contributed by atoms with Crippen LogP contribution in [0.4, 0.5) is 10.5 Å². The van der Waals surface area contributed by atoms with Gasteiger partial charge in [-0.1, -0.05) is 35.3 Å². The van der Waals surface area contributed by atoms with Crippen LogP contribution in [-0.4, -0.2) is 29.3 Å². The van der Waals surface area contributed by atoms with E-state index in [4.69, 9.17) is 23.2 Å². The Morgan fingerprint density at radius 2 is 1.65 bits per heavy atom. The molecule has 1 aliphatic heterocycles. The van der Waals surface area contributed by atoms with Crippen molar-refractivity contribution < 1.29 is 14.4 Å². The van der Waals surface area contributed by atoms with Crippen molar-refractivity contribution in [3.63, 3.8) is 0 Å². The van der Waals surface area contributed by atoms with E-state index in [1.165, 1.54) is 11.3 Å². The molecule has 2 heterocycles. The zero-order chi connectivity index (χ0) is 22.0. The standard InChI is InChI=1S/C22H15Cl2N3O3S/c23-15-3-1-13(2-4-15)14-9-18(31-12-14)10-19-21(29)27(22(30)26-19)11-20(28)25-17-7-5-16(24)6-8-17/h1-10,12H,11H2,(H,25,28)(H,26,30). The monoisotopic (exact) mass is 471 g/mol. The predicted molar refractivity (Wildman–Crippen MR) is 123 cm³/mol. The molecule has 0 aliphatic carbocycles. The highest BCUT2D eigenvalue weighted by molar-refractivity contribution is 7.11. The van der Waals surface area contributed by atoms with Gasteiger partial charge in [0.25, 0.3) is 5.91 Å². The van der Waals surface area contributed by atoms with Gasteiger partial charge in [0.1, 0.15) is 12.2 Å². The van der Waals surface area contributed by atoms with Gasteiger partial charge < -0.3 is 10.6 Å². The molecule has 3 aromatic rings. The molecule has 9 heteroatoms. The molecule has 1 fully saturated rings. The van der Waals surface area contributed by atoms with Gasteiger partial charge in [0.2, 0.25) is 5.91 Å². The molecule has 4 rings (SSSR count). The molecule has 0 saturated carbocycles. The van der Waals surface area contributed by atoms with Gasteiger partial charge in [-0.3, -0.25) is 9.59 Å². The Bertz CT molecular complexity index is 1190. The third-order valence-electron chi connectivity index (χ3n) is 4.48. The van der Waals surface area contributed by atoms with Crippen LogP contribution in [0.5, 0.6) is 0 Å². The number of anilines is 1. The third kappa shape index (κ3) is 4.96. The highest BCUT2D eigenvalue weighted by Gasteiger charge is 2.35. The SMILES string of the molecule is O=C(CN1C(=O)NC(=Cc2cc(-c3ccc(Cl)cc3)cs2)C1=O)Nc1ccc(Cl)cc1. The first-order valence-corrected chi connectivity index (χ1v) is 10.8. The van der Waals surface area contributed by atoms with E-state index in [0.29, 0.717) is 15.7 Å². The van der Waals surface area contributed by atoms with Gasteiger partial charge >= 0.3 is 6.03 Å². The smallest absolute Gasteiger partial charge is 0.325 e. The number of hydrogen-bond donors (Lipinski definition) is 2. The van der Waals surface area contributed by atoms with Gasteiger partial charge in [0.15, 0.2) is 0 Å². The summed E-state index contributed by atoms with van der Waals surface area (Å²) in [6, 6.07) is 15.2. The molecule has 4 amide bonds. The molecule has 0 bridgehead atoms. The second-order valence-electron chi connectivity index (χ2n) is 6.68. The molecule has 1 aliphatic rings. The van der Waals surface area contributed by atoms with Crippen LogP contribution in [0.15, 0.2) is 65.7 Å². The summed E-state index contributed by atoms with van der Waals surface area (Å²) in [7, 11) is 0. The average molecular weight is 472 g/mol. The molecule has 1 saturated heterocycles. The lowest BCUT2D eigenvalue weighted by molar-refractivity contribution is -0.127. The average Bonchev–Trinajstić information content (AvgIpc) is 3.31. The van der Waals surface area contributed by atoms with Crippen molar-refractivity contribution in [2.24, 2.45) is 0 Å². The maximum atomic E-state index is 12.6. The van der Waals surface area contributed by atoms with E-state index in [1.54, 1.807) is 42.5 Å². The van der Waals surface area contributed by atoms with Crippen LogP contribution in [0.3, 0.4) is 0 Å². The van der Waals surface area contributed by atoms with E-state index in [0.717, 1.165) is 20.9 Å². The van der Waals surface area contributed by atoms with Gasteiger partial charge in [0, 0.05) is 20.6 Å². The largest absolute Gasteiger partial charge is 0.329 e. The number of hydrogen-bond acceptors (Lipinski definition) is 4. The topological polar surface area (TPSA) is 78.5 Å². The van der Waals surface area contributed by atoms with E-state index >= 15 is 0 Å². The van der Waals surface area contributed by atoms with Gasteiger partial charge in [-0.05, 0) is 65.0 Å². The summed E-state index contributed by atoms with van der Waals surface area (Å²) >= 11 is 13.2. The van der Waals surface area contributed by atoms with Gasteiger partial charge in [0.05, 0.1) is 0 Å². The predicted octanol–water partition coefficient (Wildman–Crippen LogP) is 5.25. The van der Waals surface area contributed by atoms with Gasteiger partial charge in [-0.2, -0.15) is 0 Å². The first kappa shape index (κ1) is 21.1. The zero-order valence-electron chi connectivity index (χ0n) is 15.9. The minimum Gasteiger partial charge on any atom is -0.325 e. The summed E-state index contributed by atoms with van der Waals surface area (Å²) in [5, 5.41) is 8.30. The maximum Gasteiger partial charge on any atom is 0.329 e. The first-order valence-electron chi connectivity index (χ1n) is 9.13. The number of amides is 4. The number of halogens is 2. The van der Waals surface area contributed by atoms with Crippen molar-refractivity contribution in [1.82, 2.24) is 10.2 Å². The molecule has 0 radical (unpaired) electrons. The summed E-state index contributed by atoms with van der Waals surface area (Å²) in [5.41, 5.74) is 2.61. The summed E-state index contributed by atoms with van der Waals surface area (Å²) in [6.45, 7) is -0.398. The number of imide groups is 1. The van der Waals surface area contributed by atoms with E-state index in [1.807, 2.05) is 23.6 Å². The number of benzene rings is 2. The fourth-order valence-electron chi connectivity index (χ4n) is 2.96. The van der Waals surface area contributed by atoms with Crippen LogP contribution in [0.2, 0.25) is 10.0 Å². The molecule has 1 aromatic heterocycles. The van der Waals surface area contributed by atoms with Crippen LogP contribution in [0.25, 0.3) is 17.2 Å². The lowest BCUT2D eigenvalue weighted by Gasteiger charge is -2.11. The van der Waals surface area contributed by atoms with Crippen LogP contribution in [0, 0.1) is 0 Å². The molecular weight excluding hydrogens is 457 g/mol. The summed E-state index contributed by atoms with van der Waals surface area (Å²) in [5.74, 6) is -1.05. The Labute approximate surface area is 192 Å². The fraction of sp³-hybridized carbons (Fsp3) is 0.0455. The van der Waals surface area contributed by atoms with E-state index < -0.39 is 24.4 Å². The normalized spacial score (nSPS) is 14.8. The third-order valence-corrected chi connectivity index (χ3v) is 5.86. The van der Waals surface area contributed by atoms with Crippen molar-refractivity contribution in [3.05, 3.63) is 80.6 Å². The fourth-order valence-corrected chi connectivity index (χ4v) is 4.06. The minimum atomic E-state index is -0.642. The Morgan fingerprint density at radius 1 is 1.00 bits per heavy atom. The molecular formula is C22H15Cl2N3O3S. The van der Waals surface area contributed by atoms with Gasteiger partial charge in [-0.25, -0.2) is 9.69 Å². The Morgan fingerprint density at radius 3 is 2.32 bits per heavy atom. The Kier molecular flexibility index (Phi) is 6.08. The number of nitrogens with one attached hydrogen (secondary N) is 2. The summed E-state index contributed by atoms with van der Waals surface area (Å²) in [4.78, 5) is 38.8. The quantitative estimate of drug-likeness (QED) is 0.393. The highest BCUT2D eigenvalue weighted by Crippen LogP contribution is 2.28. The molecule has 0 spiro atoms.